The van der Waals surface area contributed by atoms with E-state index in [0.29, 0.717) is 16.7 Å². The van der Waals surface area contributed by atoms with Gasteiger partial charge in [-0.15, -0.1) is 0 Å². The molecule has 3 nitrogen and oxygen atoms in total. The molecule has 4 rings (SSSR count). The summed E-state index contributed by atoms with van der Waals surface area (Å²) in [7, 11) is 0. The Morgan fingerprint density at radius 1 is 0.760 bits per heavy atom. The van der Waals surface area contributed by atoms with Crippen LogP contribution in [0, 0.1) is 13.8 Å². The molecule has 1 aromatic heterocycles. The minimum absolute atomic E-state index is 0.0400. The molecule has 3 aromatic carbocycles. The minimum Gasteiger partial charge on any atom is -0.268 e. The fraction of sp³-hybridized carbons (Fsp3) is 0.0909. The molecule has 4 aromatic rings. The molecule has 1 heterocycles. The predicted octanol–water partition coefficient (Wildman–Crippen LogP) is 4.67. The van der Waals surface area contributed by atoms with Crippen LogP contribution in [0.15, 0.2) is 77.6 Å². The van der Waals surface area contributed by atoms with Gasteiger partial charge in [-0.1, -0.05) is 60.7 Å². The number of benzene rings is 3. The van der Waals surface area contributed by atoms with Crippen molar-refractivity contribution in [3.63, 3.8) is 0 Å². The van der Waals surface area contributed by atoms with E-state index in [1.165, 1.54) is 0 Å². The average molecular weight is 326 g/mol. The van der Waals surface area contributed by atoms with Gasteiger partial charge in [0.2, 0.25) is 0 Å². The zero-order valence-electron chi connectivity index (χ0n) is 14.2. The van der Waals surface area contributed by atoms with E-state index in [-0.39, 0.29) is 5.56 Å². The first-order valence-electron chi connectivity index (χ1n) is 8.30. The zero-order chi connectivity index (χ0) is 17.4. The van der Waals surface area contributed by atoms with Crippen LogP contribution in [0.1, 0.15) is 11.1 Å². The van der Waals surface area contributed by atoms with Crippen LogP contribution in [-0.2, 0) is 0 Å². The third-order valence-corrected chi connectivity index (χ3v) is 4.47. The first kappa shape index (κ1) is 15.3. The van der Waals surface area contributed by atoms with Gasteiger partial charge in [0.15, 0.2) is 0 Å². The molecule has 0 radical (unpaired) electrons. The van der Waals surface area contributed by atoms with Crippen molar-refractivity contribution >= 4 is 10.9 Å². The number of rotatable bonds is 2. The van der Waals surface area contributed by atoms with Crippen LogP contribution in [0.4, 0.5) is 0 Å². The predicted molar refractivity (Wildman–Crippen MR) is 102 cm³/mol. The Balaban J connectivity index is 2.19. The molecule has 0 bridgehead atoms. The van der Waals surface area contributed by atoms with Gasteiger partial charge in [0.25, 0.3) is 5.56 Å². The number of aromatic nitrogens is 2. The molecular formula is C22H18N2O. The number of nitrogens with zero attached hydrogens (tertiary/aromatic N) is 2. The molecule has 0 atom stereocenters. The molecule has 0 N–H and O–H groups in total. The molecule has 0 saturated carbocycles. The lowest BCUT2D eigenvalue weighted by Crippen LogP contribution is -2.23. The minimum atomic E-state index is -0.0400. The van der Waals surface area contributed by atoms with E-state index in [4.69, 9.17) is 4.98 Å². The van der Waals surface area contributed by atoms with E-state index in [0.717, 1.165) is 22.4 Å². The molecule has 0 spiro atoms. The first-order chi connectivity index (χ1) is 12.2. The first-order valence-corrected chi connectivity index (χ1v) is 8.30. The van der Waals surface area contributed by atoms with E-state index < -0.39 is 0 Å². The lowest BCUT2D eigenvalue weighted by molar-refractivity contribution is 0.954. The SMILES string of the molecule is Cc1cccc(C)c1-n1c(-c2ccccc2)nc2ccccc2c1=O. The summed E-state index contributed by atoms with van der Waals surface area (Å²) < 4.78 is 1.75. The average Bonchev–Trinajstić information content (AvgIpc) is 2.64. The Morgan fingerprint density at radius 3 is 2.12 bits per heavy atom. The van der Waals surface area contributed by atoms with E-state index in [1.54, 1.807) is 4.57 Å². The Labute approximate surface area is 146 Å². The zero-order valence-corrected chi connectivity index (χ0v) is 14.2. The highest BCUT2D eigenvalue weighted by atomic mass is 16.1. The maximum atomic E-state index is 13.4. The maximum Gasteiger partial charge on any atom is 0.266 e. The molecule has 122 valence electrons. The maximum absolute atomic E-state index is 13.4. The highest BCUT2D eigenvalue weighted by Gasteiger charge is 2.16. The summed E-state index contributed by atoms with van der Waals surface area (Å²) in [5, 5.41) is 0.629. The second-order valence-corrected chi connectivity index (χ2v) is 6.20. The normalized spacial score (nSPS) is 11.0. The third kappa shape index (κ3) is 2.54. The van der Waals surface area contributed by atoms with Gasteiger partial charge >= 0.3 is 0 Å². The Hall–Kier alpha value is -3.20. The van der Waals surface area contributed by atoms with Crippen LogP contribution in [0.5, 0.6) is 0 Å². The topological polar surface area (TPSA) is 34.9 Å². The van der Waals surface area contributed by atoms with Crippen molar-refractivity contribution in [3.05, 3.63) is 94.3 Å². The van der Waals surface area contributed by atoms with Crippen LogP contribution in [-0.4, -0.2) is 9.55 Å². The summed E-state index contributed by atoms with van der Waals surface area (Å²) in [6.07, 6.45) is 0. The van der Waals surface area contributed by atoms with Crippen molar-refractivity contribution in [1.29, 1.82) is 0 Å². The van der Waals surface area contributed by atoms with Gasteiger partial charge in [-0.05, 0) is 37.1 Å². The lowest BCUT2D eigenvalue weighted by atomic mass is 10.1. The van der Waals surface area contributed by atoms with Crippen LogP contribution in [0.2, 0.25) is 0 Å². The Kier molecular flexibility index (Phi) is 3.69. The largest absolute Gasteiger partial charge is 0.268 e. The van der Waals surface area contributed by atoms with Gasteiger partial charge in [-0.2, -0.15) is 0 Å². The molecule has 0 amide bonds. The van der Waals surface area contributed by atoms with Crippen molar-refractivity contribution < 1.29 is 0 Å². The molecule has 0 saturated heterocycles. The number of fused-ring (bicyclic) bond motifs is 1. The van der Waals surface area contributed by atoms with Crippen LogP contribution < -0.4 is 5.56 Å². The smallest absolute Gasteiger partial charge is 0.266 e. The van der Waals surface area contributed by atoms with Crippen molar-refractivity contribution in [1.82, 2.24) is 9.55 Å². The van der Waals surface area contributed by atoms with E-state index >= 15 is 0 Å². The summed E-state index contributed by atoms with van der Waals surface area (Å²) in [4.78, 5) is 18.2. The summed E-state index contributed by atoms with van der Waals surface area (Å²) in [5.41, 5.74) is 4.61. The molecule has 0 aliphatic rings. The number of para-hydroxylation sites is 2. The number of aryl methyl sites for hydroxylation is 2. The highest BCUT2D eigenvalue weighted by molar-refractivity contribution is 5.80. The van der Waals surface area contributed by atoms with Crippen LogP contribution >= 0.6 is 0 Å². The quantitative estimate of drug-likeness (QED) is 0.536. The fourth-order valence-electron chi connectivity index (χ4n) is 3.28. The van der Waals surface area contributed by atoms with Gasteiger partial charge in [-0.25, -0.2) is 4.98 Å². The molecule has 0 fully saturated rings. The molecular weight excluding hydrogens is 308 g/mol. The van der Waals surface area contributed by atoms with Crippen molar-refractivity contribution in [2.45, 2.75) is 13.8 Å². The molecule has 0 aliphatic heterocycles. The van der Waals surface area contributed by atoms with Crippen molar-refractivity contribution in [2.24, 2.45) is 0 Å². The summed E-state index contributed by atoms with van der Waals surface area (Å²) in [5.74, 6) is 0.668. The fourth-order valence-corrected chi connectivity index (χ4v) is 3.28. The standard InChI is InChI=1S/C22H18N2O/c1-15-9-8-10-16(2)20(15)24-21(17-11-4-3-5-12-17)23-19-14-7-6-13-18(19)22(24)25/h3-14H,1-2H3. The lowest BCUT2D eigenvalue weighted by Gasteiger charge is -2.17. The van der Waals surface area contributed by atoms with E-state index in [1.807, 2.05) is 86.6 Å². The second kappa shape index (κ2) is 6.02. The van der Waals surface area contributed by atoms with E-state index in [9.17, 15) is 4.79 Å². The van der Waals surface area contributed by atoms with Crippen LogP contribution in [0.3, 0.4) is 0 Å². The van der Waals surface area contributed by atoms with Gasteiger partial charge in [0, 0.05) is 5.56 Å². The Morgan fingerprint density at radius 2 is 1.40 bits per heavy atom. The number of hydrogen-bond acceptors (Lipinski definition) is 2. The molecule has 3 heteroatoms. The third-order valence-electron chi connectivity index (χ3n) is 4.47. The monoisotopic (exact) mass is 326 g/mol. The van der Waals surface area contributed by atoms with E-state index in [2.05, 4.69) is 0 Å². The van der Waals surface area contributed by atoms with Gasteiger partial charge < -0.3 is 0 Å². The van der Waals surface area contributed by atoms with Gasteiger partial charge in [-0.3, -0.25) is 9.36 Å². The van der Waals surface area contributed by atoms with Crippen LogP contribution in [0.25, 0.3) is 28.0 Å². The molecule has 0 unspecified atom stereocenters. The summed E-state index contributed by atoms with van der Waals surface area (Å²) in [6.45, 7) is 4.05. The van der Waals surface area contributed by atoms with Gasteiger partial charge in [0.05, 0.1) is 16.6 Å². The van der Waals surface area contributed by atoms with Crippen molar-refractivity contribution in [2.75, 3.05) is 0 Å². The summed E-state index contributed by atoms with van der Waals surface area (Å²) >= 11 is 0. The number of hydrogen-bond donors (Lipinski definition) is 0. The van der Waals surface area contributed by atoms with Crippen molar-refractivity contribution in [3.8, 4) is 17.1 Å². The molecule has 0 aliphatic carbocycles. The Bertz CT molecular complexity index is 1110. The second-order valence-electron chi connectivity index (χ2n) is 6.20. The summed E-state index contributed by atoms with van der Waals surface area (Å²) in [6, 6.07) is 23.4. The highest BCUT2D eigenvalue weighted by Crippen LogP contribution is 2.25. The molecule has 25 heavy (non-hydrogen) atoms. The van der Waals surface area contributed by atoms with Gasteiger partial charge in [0.1, 0.15) is 5.82 Å².